The van der Waals surface area contributed by atoms with Crippen molar-refractivity contribution < 1.29 is 4.52 Å². The van der Waals surface area contributed by atoms with Gasteiger partial charge >= 0.3 is 0 Å². The maximum Gasteiger partial charge on any atom is 0.151 e. The van der Waals surface area contributed by atoms with E-state index in [1.165, 1.54) is 0 Å². The van der Waals surface area contributed by atoms with Crippen LogP contribution in [-0.4, -0.2) is 21.7 Å². The molecule has 0 N–H and O–H groups in total. The highest BCUT2D eigenvalue weighted by atomic mass is 16.5. The lowest BCUT2D eigenvalue weighted by molar-refractivity contribution is 0.267. The highest BCUT2D eigenvalue weighted by Crippen LogP contribution is 2.20. The van der Waals surface area contributed by atoms with Crippen molar-refractivity contribution >= 4 is 0 Å². The molecule has 5 nitrogen and oxygen atoms in total. The standard InChI is InChI=1S/C19H20N4O/c1-3-23-13-15(9-17(23)11-20)12-22(2)14-18-10-19(21-24-18)16-7-5-4-6-8-16/h4-10,13H,3,12,14H2,1-2H3. The second-order valence-corrected chi connectivity index (χ2v) is 5.85. The smallest absolute Gasteiger partial charge is 0.151 e. The Bertz CT molecular complexity index is 842. The molecule has 0 unspecified atom stereocenters. The van der Waals surface area contributed by atoms with Crippen LogP contribution >= 0.6 is 0 Å². The van der Waals surface area contributed by atoms with Crippen LogP contribution in [0.2, 0.25) is 0 Å². The molecule has 0 atom stereocenters. The van der Waals surface area contributed by atoms with Crippen LogP contribution in [0, 0.1) is 11.3 Å². The molecular weight excluding hydrogens is 300 g/mol. The van der Waals surface area contributed by atoms with Crippen molar-refractivity contribution in [3.05, 3.63) is 65.7 Å². The highest BCUT2D eigenvalue weighted by Gasteiger charge is 2.11. The Morgan fingerprint density at radius 2 is 2.00 bits per heavy atom. The summed E-state index contributed by atoms with van der Waals surface area (Å²) in [7, 11) is 2.03. The van der Waals surface area contributed by atoms with Crippen molar-refractivity contribution in [2.45, 2.75) is 26.6 Å². The average Bonchev–Trinajstić information content (AvgIpc) is 3.22. The topological polar surface area (TPSA) is 58.0 Å². The van der Waals surface area contributed by atoms with Crippen LogP contribution in [0.15, 0.2) is 53.2 Å². The van der Waals surface area contributed by atoms with Crippen molar-refractivity contribution in [1.82, 2.24) is 14.6 Å². The van der Waals surface area contributed by atoms with E-state index in [4.69, 9.17) is 9.78 Å². The van der Waals surface area contributed by atoms with Crippen LogP contribution in [-0.2, 0) is 19.6 Å². The summed E-state index contributed by atoms with van der Waals surface area (Å²) in [4.78, 5) is 2.14. The third kappa shape index (κ3) is 3.55. The third-order valence-electron chi connectivity index (χ3n) is 3.92. The Morgan fingerprint density at radius 1 is 1.21 bits per heavy atom. The molecule has 24 heavy (non-hydrogen) atoms. The van der Waals surface area contributed by atoms with Gasteiger partial charge in [0.15, 0.2) is 5.76 Å². The molecule has 0 aliphatic heterocycles. The molecule has 3 aromatic rings. The van der Waals surface area contributed by atoms with E-state index in [1.807, 2.05) is 67.2 Å². The summed E-state index contributed by atoms with van der Waals surface area (Å²) in [6.45, 7) is 4.26. The number of aryl methyl sites for hydroxylation is 1. The number of rotatable bonds is 6. The summed E-state index contributed by atoms with van der Waals surface area (Å²) in [6, 6.07) is 16.1. The molecule has 5 heteroatoms. The van der Waals surface area contributed by atoms with E-state index >= 15 is 0 Å². The van der Waals surface area contributed by atoms with E-state index in [0.29, 0.717) is 12.2 Å². The summed E-state index contributed by atoms with van der Waals surface area (Å²) in [5.41, 5.74) is 3.72. The number of benzene rings is 1. The van der Waals surface area contributed by atoms with Crippen LogP contribution in [0.5, 0.6) is 0 Å². The second-order valence-electron chi connectivity index (χ2n) is 5.85. The van der Waals surface area contributed by atoms with Crippen LogP contribution in [0.4, 0.5) is 0 Å². The lowest BCUT2D eigenvalue weighted by Crippen LogP contribution is -2.16. The van der Waals surface area contributed by atoms with E-state index in [2.05, 4.69) is 16.1 Å². The zero-order valence-electron chi connectivity index (χ0n) is 13.9. The van der Waals surface area contributed by atoms with Gasteiger partial charge in [-0.25, -0.2) is 0 Å². The molecule has 1 aromatic carbocycles. The van der Waals surface area contributed by atoms with Gasteiger partial charge in [-0.15, -0.1) is 0 Å². The van der Waals surface area contributed by atoms with E-state index in [9.17, 15) is 0 Å². The predicted octanol–water partition coefficient (Wildman–Crippen LogP) is 3.67. The SMILES string of the molecule is CCn1cc(CN(C)Cc2cc(-c3ccccc3)no2)cc1C#N. The molecule has 0 aliphatic carbocycles. The summed E-state index contributed by atoms with van der Waals surface area (Å²) < 4.78 is 7.41. The fourth-order valence-electron chi connectivity index (χ4n) is 2.78. The maximum atomic E-state index is 9.14. The Hall–Kier alpha value is -2.84. The fraction of sp³-hybridized carbons (Fsp3) is 0.263. The maximum absolute atomic E-state index is 9.14. The number of aromatic nitrogens is 2. The van der Waals surface area contributed by atoms with Crippen LogP contribution in [0.3, 0.4) is 0 Å². The molecule has 0 amide bonds. The minimum absolute atomic E-state index is 0.666. The largest absolute Gasteiger partial charge is 0.359 e. The van der Waals surface area contributed by atoms with Crippen LogP contribution in [0.1, 0.15) is 23.9 Å². The monoisotopic (exact) mass is 320 g/mol. The van der Waals surface area contributed by atoms with E-state index in [1.54, 1.807) is 0 Å². The summed E-state index contributed by atoms with van der Waals surface area (Å²) >= 11 is 0. The van der Waals surface area contributed by atoms with Gasteiger partial charge < -0.3 is 9.09 Å². The molecule has 0 fully saturated rings. The van der Waals surface area contributed by atoms with E-state index in [-0.39, 0.29) is 0 Å². The van der Waals surface area contributed by atoms with Crippen molar-refractivity contribution in [1.29, 1.82) is 5.26 Å². The molecule has 0 radical (unpaired) electrons. The minimum Gasteiger partial charge on any atom is -0.359 e. The fourth-order valence-corrected chi connectivity index (χ4v) is 2.78. The zero-order valence-corrected chi connectivity index (χ0v) is 13.9. The first-order chi connectivity index (χ1) is 11.7. The van der Waals surface area contributed by atoms with Crippen molar-refractivity contribution in [2.75, 3.05) is 7.05 Å². The molecule has 0 bridgehead atoms. The third-order valence-corrected chi connectivity index (χ3v) is 3.92. The molecule has 2 aromatic heterocycles. The molecule has 3 rings (SSSR count). The first-order valence-electron chi connectivity index (χ1n) is 7.98. The zero-order chi connectivity index (χ0) is 16.9. The highest BCUT2D eigenvalue weighted by molar-refractivity contribution is 5.58. The number of nitriles is 1. The first kappa shape index (κ1) is 16.0. The van der Waals surface area contributed by atoms with E-state index in [0.717, 1.165) is 35.7 Å². The van der Waals surface area contributed by atoms with Crippen molar-refractivity contribution in [3.63, 3.8) is 0 Å². The van der Waals surface area contributed by atoms with Crippen LogP contribution < -0.4 is 0 Å². The summed E-state index contributed by atoms with van der Waals surface area (Å²) in [5.74, 6) is 0.826. The van der Waals surface area contributed by atoms with Gasteiger partial charge in [-0.1, -0.05) is 35.5 Å². The predicted molar refractivity (Wildman–Crippen MR) is 91.9 cm³/mol. The van der Waals surface area contributed by atoms with Crippen LogP contribution in [0.25, 0.3) is 11.3 Å². The second kappa shape index (κ2) is 7.16. The van der Waals surface area contributed by atoms with Crippen molar-refractivity contribution in [2.24, 2.45) is 0 Å². The Labute approximate surface area is 141 Å². The lowest BCUT2D eigenvalue weighted by Gasteiger charge is -2.13. The average molecular weight is 320 g/mol. The summed E-state index contributed by atoms with van der Waals surface area (Å²) in [5, 5.41) is 13.3. The van der Waals surface area contributed by atoms with Gasteiger partial charge in [-0.05, 0) is 25.6 Å². The Balaban J connectivity index is 1.65. The van der Waals surface area contributed by atoms with Gasteiger partial charge in [0.1, 0.15) is 17.5 Å². The van der Waals surface area contributed by atoms with Gasteiger partial charge in [-0.2, -0.15) is 5.26 Å². The van der Waals surface area contributed by atoms with Gasteiger partial charge in [-0.3, -0.25) is 4.90 Å². The van der Waals surface area contributed by atoms with Gasteiger partial charge in [0.05, 0.1) is 6.54 Å². The van der Waals surface area contributed by atoms with Gasteiger partial charge in [0.2, 0.25) is 0 Å². The normalized spacial score (nSPS) is 10.9. The van der Waals surface area contributed by atoms with E-state index < -0.39 is 0 Å². The number of nitrogens with zero attached hydrogens (tertiary/aromatic N) is 4. The first-order valence-corrected chi connectivity index (χ1v) is 7.98. The quantitative estimate of drug-likeness (QED) is 0.695. The van der Waals surface area contributed by atoms with Gasteiger partial charge in [0, 0.05) is 30.9 Å². The molecule has 122 valence electrons. The molecule has 0 spiro atoms. The number of hydrogen-bond acceptors (Lipinski definition) is 4. The molecule has 0 aliphatic rings. The van der Waals surface area contributed by atoms with Gasteiger partial charge in [0.25, 0.3) is 0 Å². The molecule has 0 saturated carbocycles. The molecular formula is C19H20N4O. The molecule has 0 saturated heterocycles. The Morgan fingerprint density at radius 3 is 2.67 bits per heavy atom. The van der Waals surface area contributed by atoms with Crippen molar-refractivity contribution in [3.8, 4) is 17.3 Å². The molecule has 2 heterocycles. The minimum atomic E-state index is 0.666. The summed E-state index contributed by atoms with van der Waals surface area (Å²) in [6.07, 6.45) is 2.03. The lowest BCUT2D eigenvalue weighted by atomic mass is 10.1. The number of hydrogen-bond donors (Lipinski definition) is 0. The Kier molecular flexibility index (Phi) is 4.78.